The van der Waals surface area contributed by atoms with Crippen molar-refractivity contribution in [1.29, 1.82) is 0 Å². The Labute approximate surface area is 188 Å². The number of nitro benzene ring substituents is 1. The fourth-order valence-electron chi connectivity index (χ4n) is 3.83. The second-order valence-corrected chi connectivity index (χ2v) is 8.03. The second kappa shape index (κ2) is 8.11. The number of halogens is 1. The average molecular weight is 449 g/mol. The van der Waals surface area contributed by atoms with Crippen molar-refractivity contribution in [2.24, 2.45) is 0 Å². The van der Waals surface area contributed by atoms with E-state index in [2.05, 4.69) is 4.90 Å². The molecule has 0 aromatic heterocycles. The normalized spacial score (nSPS) is 16.3. The van der Waals surface area contributed by atoms with Gasteiger partial charge in [0.15, 0.2) is 5.76 Å². The topological polar surface area (TPSA) is 81.9 Å². The fraction of sp³-hybridized carbons (Fsp3) is 0.125. The average Bonchev–Trinajstić information content (AvgIpc) is 3.11. The summed E-state index contributed by atoms with van der Waals surface area (Å²) in [7, 11) is 0. The van der Waals surface area contributed by atoms with Crippen molar-refractivity contribution in [3.05, 3.63) is 104 Å². The molecule has 32 heavy (non-hydrogen) atoms. The maximum Gasteiger partial charge on any atom is 0.270 e. The van der Waals surface area contributed by atoms with E-state index in [-0.39, 0.29) is 17.2 Å². The number of hydrogen-bond acceptors (Lipinski definition) is 6. The smallest absolute Gasteiger partial charge is 0.270 e. The predicted octanol–water partition coefficient (Wildman–Crippen LogP) is 5.22. The molecule has 0 aliphatic carbocycles. The highest BCUT2D eigenvalue weighted by molar-refractivity contribution is 6.30. The third-order valence-electron chi connectivity index (χ3n) is 5.38. The molecular formula is C24H17ClN2O5. The van der Waals surface area contributed by atoms with Gasteiger partial charge in [0.2, 0.25) is 5.78 Å². The first-order chi connectivity index (χ1) is 15.5. The Morgan fingerprint density at radius 3 is 2.72 bits per heavy atom. The standard InChI is InChI=1S/C24H17ClN2O5/c25-17-6-4-15(5-7-17)12-26-13-20-21(31-14-26)9-8-19-23(28)22(32-24(19)20)11-16-2-1-3-18(10-16)27(29)30/h1-11H,12-14H2/b22-11-. The first kappa shape index (κ1) is 20.2. The van der Waals surface area contributed by atoms with Crippen molar-refractivity contribution in [1.82, 2.24) is 4.90 Å². The van der Waals surface area contributed by atoms with Crippen LogP contribution < -0.4 is 9.47 Å². The number of rotatable bonds is 4. The Kier molecular flexibility index (Phi) is 5.13. The van der Waals surface area contributed by atoms with Crippen molar-refractivity contribution >= 4 is 29.1 Å². The SMILES string of the molecule is O=C1/C(=C/c2cccc([N+](=O)[O-])c2)Oc2c1ccc1c2CN(Cc2ccc(Cl)cc2)CO1. The summed E-state index contributed by atoms with van der Waals surface area (Å²) in [6.45, 7) is 1.63. The number of nitro groups is 1. The Bertz CT molecular complexity index is 1270. The van der Waals surface area contributed by atoms with E-state index in [0.29, 0.717) is 47.5 Å². The molecule has 0 saturated carbocycles. The summed E-state index contributed by atoms with van der Waals surface area (Å²) in [4.78, 5) is 25.6. The molecule has 7 nitrogen and oxygen atoms in total. The summed E-state index contributed by atoms with van der Waals surface area (Å²) < 4.78 is 11.9. The van der Waals surface area contributed by atoms with Crippen molar-refractivity contribution in [2.45, 2.75) is 13.1 Å². The van der Waals surface area contributed by atoms with Crippen molar-refractivity contribution in [3.8, 4) is 11.5 Å². The molecule has 0 saturated heterocycles. The van der Waals surface area contributed by atoms with Gasteiger partial charge in [0, 0.05) is 30.2 Å². The number of Topliss-reactive ketones (excluding diaryl/α,β-unsaturated/α-hetero) is 1. The Balaban J connectivity index is 1.41. The van der Waals surface area contributed by atoms with Crippen LogP contribution in [-0.2, 0) is 13.1 Å². The molecule has 0 unspecified atom stereocenters. The summed E-state index contributed by atoms with van der Waals surface area (Å²) in [5.74, 6) is 1.03. The number of non-ortho nitro benzene ring substituents is 1. The van der Waals surface area contributed by atoms with Gasteiger partial charge in [-0.3, -0.25) is 19.8 Å². The maximum atomic E-state index is 12.9. The quantitative estimate of drug-likeness (QED) is 0.309. The summed E-state index contributed by atoms with van der Waals surface area (Å²) in [5.41, 5.74) is 2.82. The molecule has 5 rings (SSSR count). The van der Waals surface area contributed by atoms with E-state index in [4.69, 9.17) is 21.1 Å². The van der Waals surface area contributed by atoms with Crippen LogP contribution in [0.2, 0.25) is 5.02 Å². The number of allylic oxidation sites excluding steroid dienone is 1. The molecule has 0 fully saturated rings. The van der Waals surface area contributed by atoms with E-state index < -0.39 is 4.92 Å². The lowest BCUT2D eigenvalue weighted by atomic mass is 10.0. The molecule has 0 N–H and O–H groups in total. The molecular weight excluding hydrogens is 432 g/mol. The van der Waals surface area contributed by atoms with Crippen LogP contribution in [0.4, 0.5) is 5.69 Å². The van der Waals surface area contributed by atoms with Gasteiger partial charge in [-0.15, -0.1) is 0 Å². The highest BCUT2D eigenvalue weighted by Crippen LogP contribution is 2.42. The summed E-state index contributed by atoms with van der Waals surface area (Å²) in [6.07, 6.45) is 1.52. The van der Waals surface area contributed by atoms with Gasteiger partial charge in [0.05, 0.1) is 16.1 Å². The van der Waals surface area contributed by atoms with Crippen molar-refractivity contribution in [3.63, 3.8) is 0 Å². The first-order valence-electron chi connectivity index (χ1n) is 9.92. The third-order valence-corrected chi connectivity index (χ3v) is 5.63. The van der Waals surface area contributed by atoms with Crippen LogP contribution in [0.15, 0.2) is 66.4 Å². The van der Waals surface area contributed by atoms with Crippen LogP contribution in [0.1, 0.15) is 27.0 Å². The van der Waals surface area contributed by atoms with Crippen LogP contribution >= 0.6 is 11.6 Å². The van der Waals surface area contributed by atoms with Crippen LogP contribution in [-0.4, -0.2) is 22.3 Å². The lowest BCUT2D eigenvalue weighted by Gasteiger charge is -2.29. The van der Waals surface area contributed by atoms with E-state index in [1.807, 2.05) is 24.3 Å². The highest BCUT2D eigenvalue weighted by Gasteiger charge is 2.33. The van der Waals surface area contributed by atoms with E-state index in [0.717, 1.165) is 11.1 Å². The Morgan fingerprint density at radius 2 is 1.94 bits per heavy atom. The second-order valence-electron chi connectivity index (χ2n) is 7.60. The number of carbonyl (C=O) groups is 1. The number of ketones is 1. The van der Waals surface area contributed by atoms with Gasteiger partial charge in [-0.2, -0.15) is 0 Å². The molecule has 8 heteroatoms. The van der Waals surface area contributed by atoms with Gasteiger partial charge < -0.3 is 9.47 Å². The first-order valence-corrected chi connectivity index (χ1v) is 10.3. The minimum absolute atomic E-state index is 0.0501. The van der Waals surface area contributed by atoms with E-state index in [9.17, 15) is 14.9 Å². The molecule has 0 amide bonds. The largest absolute Gasteiger partial charge is 0.478 e. The zero-order valence-electron chi connectivity index (χ0n) is 16.8. The molecule has 160 valence electrons. The summed E-state index contributed by atoms with van der Waals surface area (Å²) in [6, 6.07) is 17.2. The zero-order valence-corrected chi connectivity index (χ0v) is 17.5. The van der Waals surface area contributed by atoms with Gasteiger partial charge in [-0.25, -0.2) is 0 Å². The van der Waals surface area contributed by atoms with Crippen LogP contribution in [0.5, 0.6) is 11.5 Å². The van der Waals surface area contributed by atoms with Gasteiger partial charge in [-0.1, -0.05) is 35.9 Å². The van der Waals surface area contributed by atoms with Crippen LogP contribution in [0, 0.1) is 10.1 Å². The minimum atomic E-state index is -0.475. The molecule has 0 radical (unpaired) electrons. The number of ether oxygens (including phenoxy) is 2. The number of nitrogens with zero attached hydrogens (tertiary/aromatic N) is 2. The molecule has 0 bridgehead atoms. The number of carbonyl (C=O) groups excluding carboxylic acids is 1. The third kappa shape index (κ3) is 3.84. The van der Waals surface area contributed by atoms with Crippen LogP contribution in [0.25, 0.3) is 6.08 Å². The van der Waals surface area contributed by atoms with Gasteiger partial charge in [0.25, 0.3) is 5.69 Å². The number of fused-ring (bicyclic) bond motifs is 3. The minimum Gasteiger partial charge on any atom is -0.478 e. The summed E-state index contributed by atoms with van der Waals surface area (Å²) in [5, 5.41) is 11.7. The van der Waals surface area contributed by atoms with E-state index >= 15 is 0 Å². The molecule has 2 aliphatic rings. The molecule has 0 atom stereocenters. The molecule has 3 aromatic carbocycles. The fourth-order valence-corrected chi connectivity index (χ4v) is 3.96. The molecule has 2 aliphatic heterocycles. The predicted molar refractivity (Wildman–Crippen MR) is 119 cm³/mol. The van der Waals surface area contributed by atoms with Gasteiger partial charge in [0.1, 0.15) is 18.2 Å². The zero-order chi connectivity index (χ0) is 22.2. The van der Waals surface area contributed by atoms with Gasteiger partial charge >= 0.3 is 0 Å². The Hall–Kier alpha value is -3.68. The monoisotopic (exact) mass is 448 g/mol. The molecule has 0 spiro atoms. The van der Waals surface area contributed by atoms with E-state index in [1.54, 1.807) is 24.3 Å². The van der Waals surface area contributed by atoms with Crippen LogP contribution in [0.3, 0.4) is 0 Å². The van der Waals surface area contributed by atoms with Crippen molar-refractivity contribution in [2.75, 3.05) is 6.73 Å². The van der Waals surface area contributed by atoms with E-state index in [1.165, 1.54) is 18.2 Å². The summed E-state index contributed by atoms with van der Waals surface area (Å²) >= 11 is 5.97. The Morgan fingerprint density at radius 1 is 1.12 bits per heavy atom. The lowest BCUT2D eigenvalue weighted by molar-refractivity contribution is -0.384. The van der Waals surface area contributed by atoms with Gasteiger partial charge in [-0.05, 0) is 41.5 Å². The van der Waals surface area contributed by atoms with Crippen molar-refractivity contribution < 1.29 is 19.2 Å². The molecule has 3 aromatic rings. The number of hydrogen-bond donors (Lipinski definition) is 0. The highest BCUT2D eigenvalue weighted by atomic mass is 35.5. The molecule has 2 heterocycles. The number of benzene rings is 3. The lowest BCUT2D eigenvalue weighted by Crippen LogP contribution is -2.31. The maximum absolute atomic E-state index is 12.9.